The van der Waals surface area contributed by atoms with Gasteiger partial charge in [-0.1, -0.05) is 53.0 Å². The molecule has 4 saturated heterocycles. The number of nitriles is 1. The van der Waals surface area contributed by atoms with Crippen LogP contribution in [0.25, 0.3) is 0 Å². The van der Waals surface area contributed by atoms with Crippen LogP contribution < -0.4 is 9.47 Å². The van der Waals surface area contributed by atoms with Crippen molar-refractivity contribution >= 4 is 33.4 Å². The van der Waals surface area contributed by atoms with E-state index in [0.717, 1.165) is 5.56 Å². The van der Waals surface area contributed by atoms with Gasteiger partial charge < -0.3 is 19.3 Å². The predicted molar refractivity (Wildman–Crippen MR) is 125 cm³/mol. The molecule has 1 aromatic rings. The quantitative estimate of drug-likeness (QED) is 0.441. The van der Waals surface area contributed by atoms with E-state index in [1.54, 1.807) is 43.2 Å². The molecule has 7 nitrogen and oxygen atoms in total. The van der Waals surface area contributed by atoms with Gasteiger partial charge in [-0.25, -0.2) is 0 Å². The number of carbonyl (C=O) groups excluding carboxylic acids is 2. The Hall–Kier alpha value is -2.57. The largest absolute Gasteiger partial charge is 0.486 e. The monoisotopic (exact) mass is 471 g/mol. The molecule has 0 radical (unpaired) electrons. The minimum absolute atomic E-state index is 0.138. The van der Waals surface area contributed by atoms with Gasteiger partial charge in [-0.2, -0.15) is 5.26 Å². The van der Waals surface area contributed by atoms with Gasteiger partial charge in [0, 0.05) is 13.5 Å². The Morgan fingerprint density at radius 2 is 1.81 bits per heavy atom. The van der Waals surface area contributed by atoms with Crippen LogP contribution in [0.2, 0.25) is 0 Å². The number of carbonyl (C=O) groups is 2. The summed E-state index contributed by atoms with van der Waals surface area (Å²) in [7, 11) is 4.45. The summed E-state index contributed by atoms with van der Waals surface area (Å²) in [5.41, 5.74) is -0.240. The lowest BCUT2D eigenvalue weighted by Gasteiger charge is -2.57. The highest BCUT2D eigenvalue weighted by atomic mass is 33.1. The van der Waals surface area contributed by atoms with Crippen molar-refractivity contribution in [2.24, 2.45) is 5.41 Å². The predicted octanol–water partition coefficient (Wildman–Crippen LogP) is 3.90. The van der Waals surface area contributed by atoms with E-state index < -0.39 is 21.2 Å². The van der Waals surface area contributed by atoms with E-state index in [4.69, 9.17) is 9.47 Å². The van der Waals surface area contributed by atoms with Crippen LogP contribution in [0.15, 0.2) is 43.5 Å². The summed E-state index contributed by atoms with van der Waals surface area (Å²) in [5.74, 6) is 0.715. The van der Waals surface area contributed by atoms with Crippen molar-refractivity contribution in [3.05, 3.63) is 49.1 Å². The first-order valence-corrected chi connectivity index (χ1v) is 12.3. The molecule has 2 bridgehead atoms. The standard InChI is InChI=1S/C23H25N3O4S2/c1-6-10-29-16-9-8-15(12-17(16)30-11-7-2)18-21(3,14-24)13-23-20(28)25(5)22(4,31-32-23)19(27)26(18)23/h6-9,12,18H,1-2,10-11,13H2,3-5H3/t18-,21+,22?,23-/m0/s1. The van der Waals surface area contributed by atoms with Crippen molar-refractivity contribution < 1.29 is 19.1 Å². The molecule has 2 amide bonds. The molecule has 5 rings (SSSR count). The Morgan fingerprint density at radius 3 is 2.44 bits per heavy atom. The van der Waals surface area contributed by atoms with E-state index >= 15 is 0 Å². The van der Waals surface area contributed by atoms with Crippen molar-refractivity contribution in [2.45, 2.75) is 36.1 Å². The molecule has 0 saturated carbocycles. The molecule has 4 atom stereocenters. The van der Waals surface area contributed by atoms with Gasteiger partial charge in [-0.15, -0.1) is 0 Å². The van der Waals surface area contributed by atoms with Crippen LogP contribution in [0.3, 0.4) is 0 Å². The molecule has 0 N–H and O–H groups in total. The molecule has 4 heterocycles. The number of piperazine rings is 1. The molecule has 168 valence electrons. The van der Waals surface area contributed by atoms with Crippen molar-refractivity contribution in [3.8, 4) is 17.6 Å². The van der Waals surface area contributed by atoms with E-state index in [9.17, 15) is 14.9 Å². The maximum absolute atomic E-state index is 13.7. The van der Waals surface area contributed by atoms with Crippen LogP contribution in [0, 0.1) is 16.7 Å². The third kappa shape index (κ3) is 2.96. The van der Waals surface area contributed by atoms with Crippen LogP contribution in [-0.2, 0) is 9.59 Å². The lowest BCUT2D eigenvalue weighted by molar-refractivity contribution is -0.164. The van der Waals surface area contributed by atoms with Gasteiger partial charge in [0.05, 0.1) is 17.5 Å². The number of ether oxygens (including phenoxy) is 2. The summed E-state index contributed by atoms with van der Waals surface area (Å²) in [6, 6.07) is 7.21. The van der Waals surface area contributed by atoms with Gasteiger partial charge in [0.2, 0.25) is 0 Å². The molecule has 1 aromatic carbocycles. The van der Waals surface area contributed by atoms with Crippen LogP contribution >= 0.6 is 21.6 Å². The minimum Gasteiger partial charge on any atom is -0.486 e. The summed E-state index contributed by atoms with van der Waals surface area (Å²) in [6.07, 6.45) is 3.52. The highest BCUT2D eigenvalue weighted by Crippen LogP contribution is 2.69. The van der Waals surface area contributed by atoms with Gasteiger partial charge in [-0.3, -0.25) is 9.59 Å². The molecule has 4 aliphatic heterocycles. The highest BCUT2D eigenvalue weighted by Gasteiger charge is 2.74. The molecular weight excluding hydrogens is 446 g/mol. The van der Waals surface area contributed by atoms with Crippen LogP contribution in [0.4, 0.5) is 0 Å². The van der Waals surface area contributed by atoms with Gasteiger partial charge in [0.15, 0.2) is 21.2 Å². The van der Waals surface area contributed by atoms with E-state index in [1.165, 1.54) is 26.5 Å². The average molecular weight is 472 g/mol. The second kappa shape index (κ2) is 7.78. The average Bonchev–Trinajstić information content (AvgIpc) is 3.07. The van der Waals surface area contributed by atoms with Crippen LogP contribution in [0.1, 0.15) is 31.9 Å². The van der Waals surface area contributed by atoms with E-state index in [2.05, 4.69) is 19.2 Å². The number of likely N-dealkylation sites (N-methyl/N-ethyl adjacent to an activating group) is 1. The zero-order valence-corrected chi connectivity index (χ0v) is 19.9. The zero-order chi connectivity index (χ0) is 23.3. The number of amides is 2. The Kier molecular flexibility index (Phi) is 5.50. The second-order valence-electron chi connectivity index (χ2n) is 8.49. The van der Waals surface area contributed by atoms with E-state index in [1.807, 2.05) is 13.0 Å². The molecule has 4 aliphatic rings. The lowest BCUT2D eigenvalue weighted by Crippen LogP contribution is -2.73. The Bertz CT molecular complexity index is 1060. The molecule has 32 heavy (non-hydrogen) atoms. The molecule has 1 spiro atoms. The number of hydrogen-bond donors (Lipinski definition) is 0. The fourth-order valence-electron chi connectivity index (χ4n) is 4.64. The highest BCUT2D eigenvalue weighted by molar-refractivity contribution is 8.78. The summed E-state index contributed by atoms with van der Waals surface area (Å²) in [5, 5.41) is 10.2. The van der Waals surface area contributed by atoms with Gasteiger partial charge >= 0.3 is 0 Å². The van der Waals surface area contributed by atoms with Crippen molar-refractivity contribution in [2.75, 3.05) is 20.3 Å². The molecule has 0 aliphatic carbocycles. The molecular formula is C23H25N3O4S2. The fraction of sp³-hybridized carbons (Fsp3) is 0.435. The first-order chi connectivity index (χ1) is 15.2. The first kappa shape index (κ1) is 22.6. The van der Waals surface area contributed by atoms with Gasteiger partial charge in [0.25, 0.3) is 11.8 Å². The van der Waals surface area contributed by atoms with Crippen LogP contribution in [-0.4, -0.2) is 51.6 Å². The molecule has 0 aromatic heterocycles. The topological polar surface area (TPSA) is 82.9 Å². The van der Waals surface area contributed by atoms with Crippen molar-refractivity contribution in [3.63, 3.8) is 0 Å². The lowest BCUT2D eigenvalue weighted by atomic mass is 9.79. The minimum atomic E-state index is -1.11. The third-order valence-corrected chi connectivity index (χ3v) is 10.0. The summed E-state index contributed by atoms with van der Waals surface area (Å²) >= 11 is 0. The molecule has 1 unspecified atom stereocenters. The van der Waals surface area contributed by atoms with Gasteiger partial charge in [-0.05, 0) is 31.5 Å². The van der Waals surface area contributed by atoms with Crippen molar-refractivity contribution in [1.82, 2.24) is 9.80 Å². The molecule has 9 heteroatoms. The normalized spacial score (nSPS) is 33.0. The van der Waals surface area contributed by atoms with Crippen molar-refractivity contribution in [1.29, 1.82) is 5.26 Å². The summed E-state index contributed by atoms with van der Waals surface area (Å²) in [4.78, 5) is 28.2. The maximum atomic E-state index is 13.7. The first-order valence-electron chi connectivity index (χ1n) is 10.2. The Morgan fingerprint density at radius 1 is 1.16 bits per heavy atom. The second-order valence-corrected chi connectivity index (χ2v) is 11.3. The fourth-order valence-corrected chi connectivity index (χ4v) is 8.23. The smallest absolute Gasteiger partial charge is 0.261 e. The number of rotatable bonds is 7. The Labute approximate surface area is 195 Å². The number of benzene rings is 1. The van der Waals surface area contributed by atoms with Gasteiger partial charge in [0.1, 0.15) is 13.2 Å². The number of fused-ring (bicyclic) bond motifs is 2. The van der Waals surface area contributed by atoms with E-state index in [0.29, 0.717) is 18.1 Å². The maximum Gasteiger partial charge on any atom is 0.261 e. The summed E-state index contributed by atoms with van der Waals surface area (Å²) in [6.45, 7) is 11.5. The zero-order valence-electron chi connectivity index (χ0n) is 18.3. The summed E-state index contributed by atoms with van der Waals surface area (Å²) < 4.78 is 11.5. The molecule has 4 fully saturated rings. The van der Waals surface area contributed by atoms with E-state index in [-0.39, 0.29) is 24.8 Å². The number of hydrogen-bond acceptors (Lipinski definition) is 7. The number of nitrogens with zero attached hydrogens (tertiary/aromatic N) is 3. The third-order valence-electron chi connectivity index (χ3n) is 6.35. The van der Waals surface area contributed by atoms with Crippen LogP contribution in [0.5, 0.6) is 11.5 Å². The SMILES string of the molecule is C=CCOc1ccc([C@@H]2N3C(=O)C4(C)SS[C@@]3(C[C@]2(C)C#N)C(=O)N4C)cc1OCC=C. The Balaban J connectivity index is 1.84.